The van der Waals surface area contributed by atoms with Crippen molar-refractivity contribution in [2.75, 3.05) is 5.32 Å². The van der Waals surface area contributed by atoms with E-state index >= 15 is 0 Å². The van der Waals surface area contributed by atoms with Gasteiger partial charge in [-0.1, -0.05) is 27.7 Å². The lowest BCUT2D eigenvalue weighted by Gasteiger charge is -2.26. The van der Waals surface area contributed by atoms with E-state index in [1.165, 1.54) is 0 Å². The van der Waals surface area contributed by atoms with E-state index < -0.39 is 5.92 Å². The van der Waals surface area contributed by atoms with E-state index in [0.29, 0.717) is 11.3 Å². The molecular formula is C14H18N2O2. The Labute approximate surface area is 107 Å². The van der Waals surface area contributed by atoms with Gasteiger partial charge in [-0.3, -0.25) is 14.6 Å². The molecule has 0 radical (unpaired) electrons. The third-order valence-electron chi connectivity index (χ3n) is 3.27. The topological polar surface area (TPSA) is 59.1 Å². The summed E-state index contributed by atoms with van der Waals surface area (Å²) in [5, 5.41) is 2.77. The Bertz CT molecular complexity index is 507. The normalized spacial score (nSPS) is 19.1. The molecule has 96 valence electrons. The second-order valence-electron chi connectivity index (χ2n) is 5.38. The molecule has 1 aromatic rings. The molecule has 0 aromatic carbocycles. The second kappa shape index (κ2) is 4.52. The van der Waals surface area contributed by atoms with E-state index in [4.69, 9.17) is 0 Å². The Morgan fingerprint density at radius 3 is 2.44 bits per heavy atom. The number of fused-ring (bicyclic) bond motifs is 1. The fraction of sp³-hybridized carbons (Fsp3) is 0.500. The highest BCUT2D eigenvalue weighted by molar-refractivity contribution is 6.20. The predicted molar refractivity (Wildman–Crippen MR) is 69.6 cm³/mol. The summed E-state index contributed by atoms with van der Waals surface area (Å²) in [6.07, 6.45) is 1.58. The van der Waals surface area contributed by atoms with Crippen molar-refractivity contribution >= 4 is 17.4 Å². The van der Waals surface area contributed by atoms with Gasteiger partial charge in [0.05, 0.1) is 11.9 Å². The molecule has 0 saturated heterocycles. The highest BCUT2D eigenvalue weighted by Crippen LogP contribution is 2.30. The number of ketones is 1. The highest BCUT2D eigenvalue weighted by Gasteiger charge is 2.36. The first-order chi connectivity index (χ1) is 8.41. The Balaban J connectivity index is 2.48. The van der Waals surface area contributed by atoms with Gasteiger partial charge in [0.2, 0.25) is 5.91 Å². The Morgan fingerprint density at radius 2 is 1.89 bits per heavy atom. The van der Waals surface area contributed by atoms with Gasteiger partial charge in [-0.25, -0.2) is 0 Å². The summed E-state index contributed by atoms with van der Waals surface area (Å²) in [5.41, 5.74) is 2.00. The van der Waals surface area contributed by atoms with Gasteiger partial charge in [0.25, 0.3) is 0 Å². The molecular weight excluding hydrogens is 228 g/mol. The van der Waals surface area contributed by atoms with Crippen molar-refractivity contribution in [3.63, 3.8) is 0 Å². The van der Waals surface area contributed by atoms with Crippen LogP contribution < -0.4 is 5.32 Å². The zero-order valence-electron chi connectivity index (χ0n) is 11.2. The number of aromatic nitrogens is 1. The largest absolute Gasteiger partial charge is 0.323 e. The van der Waals surface area contributed by atoms with Crippen LogP contribution in [0.3, 0.4) is 0 Å². The Morgan fingerprint density at radius 1 is 1.22 bits per heavy atom. The smallest absolute Gasteiger partial charge is 0.235 e. The van der Waals surface area contributed by atoms with Crippen molar-refractivity contribution in [3.8, 4) is 0 Å². The first kappa shape index (κ1) is 12.7. The zero-order valence-corrected chi connectivity index (χ0v) is 11.2. The summed E-state index contributed by atoms with van der Waals surface area (Å²) in [5.74, 6) is -0.630. The summed E-state index contributed by atoms with van der Waals surface area (Å²) >= 11 is 0. The fourth-order valence-corrected chi connectivity index (χ4v) is 2.19. The first-order valence-corrected chi connectivity index (χ1v) is 6.26. The van der Waals surface area contributed by atoms with E-state index in [-0.39, 0.29) is 23.5 Å². The van der Waals surface area contributed by atoms with Crippen LogP contribution in [0.4, 0.5) is 5.69 Å². The Kier molecular flexibility index (Phi) is 3.20. The third-order valence-corrected chi connectivity index (χ3v) is 3.27. The zero-order chi connectivity index (χ0) is 13.4. The molecule has 0 bridgehead atoms. The molecule has 4 nitrogen and oxygen atoms in total. The maximum atomic E-state index is 12.4. The lowest BCUT2D eigenvalue weighted by atomic mass is 9.84. The van der Waals surface area contributed by atoms with Gasteiger partial charge in [0.1, 0.15) is 5.92 Å². The van der Waals surface area contributed by atoms with E-state index in [1.807, 2.05) is 27.7 Å². The predicted octanol–water partition coefficient (Wildman–Crippen LogP) is 2.61. The van der Waals surface area contributed by atoms with E-state index in [0.717, 1.165) is 5.69 Å². The van der Waals surface area contributed by atoms with Crippen molar-refractivity contribution in [2.45, 2.75) is 33.6 Å². The van der Waals surface area contributed by atoms with E-state index in [9.17, 15) is 9.59 Å². The number of pyridine rings is 1. The molecule has 1 aromatic heterocycles. The number of rotatable bonds is 2. The molecule has 0 saturated carbocycles. The van der Waals surface area contributed by atoms with Gasteiger partial charge in [-0.2, -0.15) is 0 Å². The minimum Gasteiger partial charge on any atom is -0.323 e. The van der Waals surface area contributed by atoms with E-state index in [1.54, 1.807) is 12.3 Å². The average molecular weight is 246 g/mol. The maximum Gasteiger partial charge on any atom is 0.235 e. The number of amides is 1. The summed E-state index contributed by atoms with van der Waals surface area (Å²) in [6.45, 7) is 7.83. The monoisotopic (exact) mass is 246 g/mol. The molecule has 2 rings (SSSR count). The second-order valence-corrected chi connectivity index (χ2v) is 5.38. The molecule has 1 aliphatic rings. The van der Waals surface area contributed by atoms with Gasteiger partial charge >= 0.3 is 0 Å². The third kappa shape index (κ3) is 2.03. The van der Waals surface area contributed by atoms with Crippen LogP contribution >= 0.6 is 0 Å². The lowest BCUT2D eigenvalue weighted by molar-refractivity contribution is -0.119. The van der Waals surface area contributed by atoms with Gasteiger partial charge in [0, 0.05) is 11.3 Å². The first-order valence-electron chi connectivity index (χ1n) is 6.26. The molecule has 18 heavy (non-hydrogen) atoms. The van der Waals surface area contributed by atoms with Crippen LogP contribution in [0.25, 0.3) is 0 Å². The highest BCUT2D eigenvalue weighted by atomic mass is 16.2. The summed E-state index contributed by atoms with van der Waals surface area (Å²) in [7, 11) is 0. The Hall–Kier alpha value is -1.71. The number of hydrogen-bond donors (Lipinski definition) is 1. The maximum absolute atomic E-state index is 12.4. The number of nitrogens with zero attached hydrogens (tertiary/aromatic N) is 1. The molecule has 1 amide bonds. The molecule has 4 heteroatoms. The number of hydrogen-bond acceptors (Lipinski definition) is 3. The van der Waals surface area contributed by atoms with Gasteiger partial charge in [-0.15, -0.1) is 0 Å². The molecule has 1 unspecified atom stereocenters. The van der Waals surface area contributed by atoms with Crippen molar-refractivity contribution < 1.29 is 9.59 Å². The van der Waals surface area contributed by atoms with Crippen LogP contribution in [0.5, 0.6) is 0 Å². The van der Waals surface area contributed by atoms with E-state index in [2.05, 4.69) is 10.3 Å². The number of Topliss-reactive ketones (excluding diaryl/α,β-unsaturated/α-hetero) is 1. The van der Waals surface area contributed by atoms with Gasteiger partial charge in [-0.05, 0) is 17.9 Å². The van der Waals surface area contributed by atoms with Crippen LogP contribution in [0.2, 0.25) is 0 Å². The number of carbonyl (C=O) groups is 2. The number of carbonyl (C=O) groups excluding carboxylic acids is 2. The van der Waals surface area contributed by atoms with Crippen molar-refractivity contribution in [1.29, 1.82) is 0 Å². The average Bonchev–Trinajstić information content (AvgIpc) is 2.27. The standard InChI is InChI=1S/C14H18N2O2/c1-7(2)10-5-9-11(6-15-10)16-14(18)12(8(3)4)13(9)17/h5-8,12H,1-4H3,(H,16,18). The molecule has 0 fully saturated rings. The minimum atomic E-state index is -0.583. The number of nitrogens with one attached hydrogen (secondary N) is 1. The molecule has 0 aliphatic carbocycles. The van der Waals surface area contributed by atoms with Crippen molar-refractivity contribution in [2.24, 2.45) is 11.8 Å². The number of anilines is 1. The lowest BCUT2D eigenvalue weighted by Crippen LogP contribution is -2.38. The van der Waals surface area contributed by atoms with Gasteiger partial charge < -0.3 is 5.32 Å². The molecule has 1 aliphatic heterocycles. The molecule has 1 atom stereocenters. The summed E-state index contributed by atoms with van der Waals surface area (Å²) < 4.78 is 0. The quantitative estimate of drug-likeness (QED) is 0.816. The van der Waals surface area contributed by atoms with Gasteiger partial charge in [0.15, 0.2) is 5.78 Å². The fourth-order valence-electron chi connectivity index (χ4n) is 2.19. The van der Waals surface area contributed by atoms with Crippen LogP contribution in [0.1, 0.15) is 49.7 Å². The van der Waals surface area contributed by atoms with Crippen LogP contribution in [0, 0.1) is 11.8 Å². The molecule has 1 N–H and O–H groups in total. The van der Waals surface area contributed by atoms with Crippen LogP contribution in [-0.2, 0) is 4.79 Å². The summed E-state index contributed by atoms with van der Waals surface area (Å²) in [6, 6.07) is 1.80. The SMILES string of the molecule is CC(C)c1cc2c(cn1)NC(=O)C(C(C)C)C2=O. The van der Waals surface area contributed by atoms with Crippen LogP contribution in [-0.4, -0.2) is 16.7 Å². The molecule has 0 spiro atoms. The minimum absolute atomic E-state index is 0.00122. The van der Waals surface area contributed by atoms with Crippen LogP contribution in [0.15, 0.2) is 12.3 Å². The summed E-state index contributed by atoms with van der Waals surface area (Å²) in [4.78, 5) is 28.5. The van der Waals surface area contributed by atoms with Crippen molar-refractivity contribution in [3.05, 3.63) is 23.5 Å². The van der Waals surface area contributed by atoms with Crippen molar-refractivity contribution in [1.82, 2.24) is 4.98 Å². The molecule has 2 heterocycles.